The van der Waals surface area contributed by atoms with Crippen molar-refractivity contribution in [2.45, 2.75) is 51.7 Å². The van der Waals surface area contributed by atoms with Gasteiger partial charge in [-0.05, 0) is 42.7 Å². The maximum atomic E-state index is 12.4. The Morgan fingerprint density at radius 2 is 1.90 bits per heavy atom. The van der Waals surface area contributed by atoms with Crippen LogP contribution in [0, 0.1) is 0 Å². The lowest BCUT2D eigenvalue weighted by Gasteiger charge is -2.25. The Hall–Kier alpha value is -2.44. The van der Waals surface area contributed by atoms with Gasteiger partial charge in [0.2, 0.25) is 0 Å². The van der Waals surface area contributed by atoms with Crippen molar-refractivity contribution in [3.63, 3.8) is 0 Å². The van der Waals surface area contributed by atoms with Gasteiger partial charge in [0.15, 0.2) is 0 Å². The molecule has 0 spiro atoms. The highest BCUT2D eigenvalue weighted by Crippen LogP contribution is 2.25. The molecule has 6 heteroatoms. The highest BCUT2D eigenvalue weighted by molar-refractivity contribution is 7.13. The normalized spacial score (nSPS) is 15.7. The van der Waals surface area contributed by atoms with E-state index in [0.29, 0.717) is 18.1 Å². The Labute approximate surface area is 182 Å². The van der Waals surface area contributed by atoms with E-state index in [4.69, 9.17) is 9.47 Å². The summed E-state index contributed by atoms with van der Waals surface area (Å²) in [6.45, 7) is 3.01. The van der Waals surface area contributed by atoms with Crippen LogP contribution in [0.2, 0.25) is 0 Å². The number of thiophene rings is 1. The van der Waals surface area contributed by atoms with E-state index in [2.05, 4.69) is 19.1 Å². The molecule has 0 aliphatic carbocycles. The number of esters is 1. The average molecular weight is 428 g/mol. The van der Waals surface area contributed by atoms with Crippen LogP contribution in [-0.4, -0.2) is 31.6 Å². The van der Waals surface area contributed by atoms with Gasteiger partial charge >= 0.3 is 5.97 Å². The van der Waals surface area contributed by atoms with Crippen LogP contribution in [0.15, 0.2) is 48.6 Å². The molecule has 5 nitrogen and oxygen atoms in total. The standard InChI is InChI=1S/C24H29NO4S/c1-3-4-5-6-7-18-8-10-19(11-9-18)25-20(12-15-23(25)26)16-29-17-21-13-14-22(30-21)24(27)28-2/h8-15,20H,3-7,16-17H2,1-2H3. The maximum Gasteiger partial charge on any atom is 0.348 e. The van der Waals surface area contributed by atoms with Gasteiger partial charge in [-0.3, -0.25) is 9.69 Å². The molecule has 1 aromatic carbocycles. The van der Waals surface area contributed by atoms with E-state index >= 15 is 0 Å². The molecule has 160 valence electrons. The van der Waals surface area contributed by atoms with Gasteiger partial charge in [0, 0.05) is 16.6 Å². The fourth-order valence-corrected chi connectivity index (χ4v) is 4.36. The van der Waals surface area contributed by atoms with E-state index in [0.717, 1.165) is 17.0 Å². The number of hydrogen-bond donors (Lipinski definition) is 0. The second-order valence-corrected chi connectivity index (χ2v) is 8.55. The predicted octanol–water partition coefficient (Wildman–Crippen LogP) is 5.15. The van der Waals surface area contributed by atoms with E-state index in [1.165, 1.54) is 49.7 Å². The van der Waals surface area contributed by atoms with Crippen molar-refractivity contribution in [2.24, 2.45) is 0 Å². The molecular formula is C24H29NO4S. The smallest absolute Gasteiger partial charge is 0.348 e. The summed E-state index contributed by atoms with van der Waals surface area (Å²) in [7, 11) is 1.37. The second-order valence-electron chi connectivity index (χ2n) is 7.38. The molecule has 0 fully saturated rings. The van der Waals surface area contributed by atoms with Crippen LogP contribution in [-0.2, 0) is 27.3 Å². The predicted molar refractivity (Wildman–Crippen MR) is 120 cm³/mol. The molecule has 1 aliphatic rings. The quantitative estimate of drug-likeness (QED) is 0.368. The minimum atomic E-state index is -0.337. The Bertz CT molecular complexity index is 872. The highest BCUT2D eigenvalue weighted by Gasteiger charge is 2.27. The molecule has 2 aromatic rings. The van der Waals surface area contributed by atoms with Crippen LogP contribution in [0.25, 0.3) is 0 Å². The summed E-state index contributed by atoms with van der Waals surface area (Å²) in [5, 5.41) is 0. The van der Waals surface area contributed by atoms with Crippen LogP contribution in [0.4, 0.5) is 5.69 Å². The lowest BCUT2D eigenvalue weighted by atomic mass is 10.1. The first kappa shape index (κ1) is 22.2. The summed E-state index contributed by atoms with van der Waals surface area (Å²) in [6, 6.07) is 11.8. The molecule has 1 amide bonds. The number of ether oxygens (including phenoxy) is 2. The number of amides is 1. The van der Waals surface area contributed by atoms with E-state index in [1.807, 2.05) is 24.3 Å². The molecule has 0 radical (unpaired) electrons. The SMILES string of the molecule is CCCCCCc1ccc(N2C(=O)C=CC2COCc2ccc(C(=O)OC)s2)cc1. The molecule has 2 heterocycles. The van der Waals surface area contributed by atoms with Crippen molar-refractivity contribution in [3.8, 4) is 0 Å². The second kappa shape index (κ2) is 11.1. The van der Waals surface area contributed by atoms with E-state index in [9.17, 15) is 9.59 Å². The molecule has 3 rings (SSSR count). The molecule has 1 aliphatic heterocycles. The minimum Gasteiger partial charge on any atom is -0.465 e. The molecule has 1 unspecified atom stereocenters. The van der Waals surface area contributed by atoms with Gasteiger partial charge in [-0.1, -0.05) is 44.4 Å². The summed E-state index contributed by atoms with van der Waals surface area (Å²) < 4.78 is 10.6. The van der Waals surface area contributed by atoms with Crippen molar-refractivity contribution in [1.29, 1.82) is 0 Å². The van der Waals surface area contributed by atoms with Gasteiger partial charge in [-0.25, -0.2) is 4.79 Å². The number of aryl methyl sites for hydroxylation is 1. The summed E-state index contributed by atoms with van der Waals surface area (Å²) >= 11 is 1.36. The molecule has 0 bridgehead atoms. The summed E-state index contributed by atoms with van der Waals surface area (Å²) in [6.07, 6.45) is 9.55. The summed E-state index contributed by atoms with van der Waals surface area (Å²) in [5.74, 6) is -0.362. The molecule has 1 aromatic heterocycles. The number of anilines is 1. The molecule has 0 saturated heterocycles. The Morgan fingerprint density at radius 3 is 2.63 bits per heavy atom. The molecule has 30 heavy (non-hydrogen) atoms. The summed E-state index contributed by atoms with van der Waals surface area (Å²) in [4.78, 5) is 27.2. The average Bonchev–Trinajstić information content (AvgIpc) is 3.38. The first-order valence-corrected chi connectivity index (χ1v) is 11.3. The molecule has 0 saturated carbocycles. The van der Waals surface area contributed by atoms with E-state index < -0.39 is 0 Å². The third-order valence-electron chi connectivity index (χ3n) is 5.14. The van der Waals surface area contributed by atoms with Crippen molar-refractivity contribution in [2.75, 3.05) is 18.6 Å². The van der Waals surface area contributed by atoms with Crippen LogP contribution in [0.3, 0.4) is 0 Å². The number of rotatable bonds is 11. The van der Waals surface area contributed by atoms with E-state index in [1.54, 1.807) is 17.0 Å². The lowest BCUT2D eigenvalue weighted by molar-refractivity contribution is -0.114. The van der Waals surface area contributed by atoms with Crippen LogP contribution in [0.5, 0.6) is 0 Å². The number of benzene rings is 1. The Kier molecular flexibility index (Phi) is 8.22. The van der Waals surface area contributed by atoms with Crippen LogP contribution in [0.1, 0.15) is 52.7 Å². The van der Waals surface area contributed by atoms with Gasteiger partial charge in [0.05, 0.1) is 26.4 Å². The third kappa shape index (κ3) is 5.80. The van der Waals surface area contributed by atoms with Gasteiger partial charge in [-0.2, -0.15) is 0 Å². The zero-order valence-electron chi connectivity index (χ0n) is 17.6. The third-order valence-corrected chi connectivity index (χ3v) is 6.18. The van der Waals surface area contributed by atoms with Gasteiger partial charge in [-0.15, -0.1) is 11.3 Å². The zero-order chi connectivity index (χ0) is 21.3. The Balaban J connectivity index is 1.53. The number of unbranched alkanes of at least 4 members (excludes halogenated alkanes) is 3. The van der Waals surface area contributed by atoms with Gasteiger partial charge in [0.25, 0.3) is 5.91 Å². The van der Waals surface area contributed by atoms with Crippen LogP contribution >= 0.6 is 11.3 Å². The van der Waals surface area contributed by atoms with Crippen molar-refractivity contribution in [3.05, 3.63) is 63.9 Å². The first-order chi connectivity index (χ1) is 14.6. The fourth-order valence-electron chi connectivity index (χ4n) is 3.50. The van der Waals surface area contributed by atoms with Crippen molar-refractivity contribution in [1.82, 2.24) is 0 Å². The fraction of sp³-hybridized carbons (Fsp3) is 0.417. The van der Waals surface area contributed by atoms with Gasteiger partial charge < -0.3 is 9.47 Å². The number of carbonyl (C=O) groups excluding carboxylic acids is 2. The van der Waals surface area contributed by atoms with E-state index in [-0.39, 0.29) is 17.9 Å². The van der Waals surface area contributed by atoms with Gasteiger partial charge in [0.1, 0.15) is 4.88 Å². The first-order valence-electron chi connectivity index (χ1n) is 10.5. The molecular weight excluding hydrogens is 398 g/mol. The zero-order valence-corrected chi connectivity index (χ0v) is 18.5. The maximum absolute atomic E-state index is 12.4. The monoisotopic (exact) mass is 427 g/mol. The van der Waals surface area contributed by atoms with Crippen molar-refractivity contribution < 1.29 is 19.1 Å². The highest BCUT2D eigenvalue weighted by atomic mass is 32.1. The number of methoxy groups -OCH3 is 1. The number of nitrogens with zero attached hydrogens (tertiary/aromatic N) is 1. The largest absolute Gasteiger partial charge is 0.465 e. The molecule has 1 atom stereocenters. The number of carbonyl (C=O) groups is 2. The Morgan fingerprint density at radius 1 is 1.10 bits per heavy atom. The van der Waals surface area contributed by atoms with Crippen LogP contribution < -0.4 is 4.90 Å². The lowest BCUT2D eigenvalue weighted by Crippen LogP contribution is -2.36. The number of hydrogen-bond acceptors (Lipinski definition) is 5. The van der Waals surface area contributed by atoms with Crippen molar-refractivity contribution >= 4 is 28.9 Å². The topological polar surface area (TPSA) is 55.8 Å². The molecule has 0 N–H and O–H groups in total. The summed E-state index contributed by atoms with van der Waals surface area (Å²) in [5.41, 5.74) is 2.20. The minimum absolute atomic E-state index is 0.0246.